The molecule has 2 aromatic heterocycles. The maximum absolute atomic E-state index is 12.9. The molecule has 0 N–H and O–H groups in total. The first-order valence-corrected chi connectivity index (χ1v) is 6.77. The largest absolute Gasteiger partial charge is 0.573 e. The summed E-state index contributed by atoms with van der Waals surface area (Å²) < 4.78 is 67.5. The van der Waals surface area contributed by atoms with E-state index in [1.165, 1.54) is 47.2 Å². The number of hydrogen-bond acceptors (Lipinski definition) is 3. The molecular weight excluding hydrogens is 333 g/mol. The number of ether oxygens (including phenoxy) is 1. The van der Waals surface area contributed by atoms with Crippen LogP contribution >= 0.6 is 0 Å². The van der Waals surface area contributed by atoms with Crippen LogP contribution in [0.25, 0.3) is 5.65 Å². The second kappa shape index (κ2) is 6.06. The van der Waals surface area contributed by atoms with Gasteiger partial charge in [0, 0.05) is 17.7 Å². The predicted octanol–water partition coefficient (Wildman–Crippen LogP) is 4.16. The fourth-order valence-corrected chi connectivity index (χ4v) is 2.28. The van der Waals surface area contributed by atoms with Crippen LogP contribution in [0.4, 0.5) is 22.0 Å². The maximum atomic E-state index is 12.9. The molecule has 0 fully saturated rings. The molecule has 1 aromatic carbocycles. The van der Waals surface area contributed by atoms with Gasteiger partial charge in [0.25, 0.3) is 6.43 Å². The molecule has 0 radical (unpaired) electrons. The van der Waals surface area contributed by atoms with Crippen LogP contribution in [0.15, 0.2) is 42.7 Å². The highest BCUT2D eigenvalue weighted by atomic mass is 19.4. The van der Waals surface area contributed by atoms with E-state index in [9.17, 15) is 22.0 Å². The highest BCUT2D eigenvalue weighted by Crippen LogP contribution is 2.25. The van der Waals surface area contributed by atoms with Crippen molar-refractivity contribution >= 4 is 5.65 Å². The van der Waals surface area contributed by atoms with Crippen molar-refractivity contribution in [1.82, 2.24) is 14.6 Å². The average Bonchev–Trinajstić information content (AvgIpc) is 2.96. The van der Waals surface area contributed by atoms with E-state index in [2.05, 4.69) is 14.8 Å². The van der Waals surface area contributed by atoms with Gasteiger partial charge in [0.1, 0.15) is 12.1 Å². The summed E-state index contributed by atoms with van der Waals surface area (Å²) in [7, 11) is 0. The molecule has 0 saturated carbocycles. The molecule has 0 saturated heterocycles. The second-order valence-electron chi connectivity index (χ2n) is 4.98. The van der Waals surface area contributed by atoms with Gasteiger partial charge in [0.15, 0.2) is 5.65 Å². The number of fused-ring (bicyclic) bond motifs is 1. The summed E-state index contributed by atoms with van der Waals surface area (Å²) in [6.07, 6.45) is -5.98. The Morgan fingerprint density at radius 2 is 1.79 bits per heavy atom. The Balaban J connectivity index is 1.88. The molecule has 2 heterocycles. The zero-order valence-electron chi connectivity index (χ0n) is 12.0. The minimum Gasteiger partial charge on any atom is -0.406 e. The lowest BCUT2D eigenvalue weighted by Crippen LogP contribution is -2.17. The second-order valence-corrected chi connectivity index (χ2v) is 4.98. The van der Waals surface area contributed by atoms with Gasteiger partial charge in [-0.2, -0.15) is 5.10 Å². The third-order valence-electron chi connectivity index (χ3n) is 3.27. The predicted molar refractivity (Wildman–Crippen MR) is 73.9 cm³/mol. The molecule has 3 rings (SSSR count). The summed E-state index contributed by atoms with van der Waals surface area (Å²) in [6, 6.07) is 7.72. The number of aromatic nitrogens is 3. The Morgan fingerprint density at radius 1 is 1.08 bits per heavy atom. The van der Waals surface area contributed by atoms with E-state index in [1.807, 2.05) is 0 Å². The first-order valence-electron chi connectivity index (χ1n) is 6.77. The average molecular weight is 343 g/mol. The van der Waals surface area contributed by atoms with E-state index < -0.39 is 12.8 Å². The summed E-state index contributed by atoms with van der Waals surface area (Å²) >= 11 is 0. The number of alkyl halides is 5. The van der Waals surface area contributed by atoms with Crippen LogP contribution in [-0.4, -0.2) is 21.0 Å². The van der Waals surface area contributed by atoms with Crippen LogP contribution in [0.1, 0.15) is 23.2 Å². The first kappa shape index (κ1) is 16.2. The van der Waals surface area contributed by atoms with Crippen molar-refractivity contribution in [2.75, 3.05) is 0 Å². The molecule has 0 unspecified atom stereocenters. The van der Waals surface area contributed by atoms with Crippen LogP contribution in [0.2, 0.25) is 0 Å². The van der Waals surface area contributed by atoms with E-state index in [-0.39, 0.29) is 23.4 Å². The molecule has 4 nitrogen and oxygen atoms in total. The third-order valence-corrected chi connectivity index (χ3v) is 3.27. The maximum Gasteiger partial charge on any atom is 0.573 e. The number of nitrogens with zero attached hydrogens (tertiary/aromatic N) is 3. The van der Waals surface area contributed by atoms with Gasteiger partial charge in [-0.25, -0.2) is 18.3 Å². The van der Waals surface area contributed by atoms with Crippen molar-refractivity contribution in [3.63, 3.8) is 0 Å². The van der Waals surface area contributed by atoms with Gasteiger partial charge in [-0.05, 0) is 29.8 Å². The molecule has 0 aliphatic carbocycles. The Kier molecular flexibility index (Phi) is 4.08. The van der Waals surface area contributed by atoms with E-state index in [1.54, 1.807) is 0 Å². The number of pyridine rings is 1. The molecule has 0 amide bonds. The zero-order chi connectivity index (χ0) is 17.3. The normalized spacial score (nSPS) is 12.1. The van der Waals surface area contributed by atoms with E-state index in [4.69, 9.17) is 0 Å². The Labute approximate surface area is 132 Å². The number of halogens is 5. The lowest BCUT2D eigenvalue weighted by Gasteiger charge is -2.10. The Hall–Kier alpha value is -2.71. The van der Waals surface area contributed by atoms with Crippen molar-refractivity contribution < 1.29 is 26.7 Å². The van der Waals surface area contributed by atoms with E-state index in [0.717, 1.165) is 0 Å². The van der Waals surface area contributed by atoms with Crippen LogP contribution in [-0.2, 0) is 6.42 Å². The van der Waals surface area contributed by atoms with Crippen LogP contribution in [0.5, 0.6) is 5.75 Å². The van der Waals surface area contributed by atoms with Crippen molar-refractivity contribution in [3.8, 4) is 5.75 Å². The topological polar surface area (TPSA) is 39.4 Å². The Morgan fingerprint density at radius 3 is 2.42 bits per heavy atom. The molecule has 0 spiro atoms. The van der Waals surface area contributed by atoms with E-state index >= 15 is 0 Å². The molecule has 3 aromatic rings. The van der Waals surface area contributed by atoms with Gasteiger partial charge in [0.05, 0.1) is 0 Å². The lowest BCUT2D eigenvalue weighted by atomic mass is 10.1. The standard InChI is InChI=1S/C15H10F5N3O/c16-14(17)10-6-11(23-13(7-10)21-8-22-23)5-9-1-3-12(4-2-9)24-15(18,19)20/h1-4,6-8,14H,5H2. The quantitative estimate of drug-likeness (QED) is 0.668. The minimum absolute atomic E-state index is 0.192. The van der Waals surface area contributed by atoms with Crippen molar-refractivity contribution in [2.45, 2.75) is 19.2 Å². The number of hydrogen-bond donors (Lipinski definition) is 0. The SMILES string of the molecule is FC(F)c1cc(Cc2ccc(OC(F)(F)F)cc2)n2ncnc2c1. The van der Waals surface area contributed by atoms with Crippen molar-refractivity contribution in [3.05, 3.63) is 59.5 Å². The summed E-state index contributed by atoms with van der Waals surface area (Å²) in [4.78, 5) is 3.89. The minimum atomic E-state index is -4.76. The summed E-state index contributed by atoms with van der Waals surface area (Å²) in [6.45, 7) is 0. The van der Waals surface area contributed by atoms with Gasteiger partial charge in [-0.1, -0.05) is 12.1 Å². The number of benzene rings is 1. The van der Waals surface area contributed by atoms with Gasteiger partial charge in [0.2, 0.25) is 0 Å². The van der Waals surface area contributed by atoms with Gasteiger partial charge in [-0.15, -0.1) is 13.2 Å². The number of rotatable bonds is 4. The van der Waals surface area contributed by atoms with Gasteiger partial charge < -0.3 is 4.74 Å². The molecule has 0 aliphatic heterocycles. The molecule has 126 valence electrons. The highest BCUT2D eigenvalue weighted by Gasteiger charge is 2.30. The van der Waals surface area contributed by atoms with Gasteiger partial charge >= 0.3 is 6.36 Å². The fraction of sp³-hybridized carbons (Fsp3) is 0.200. The van der Waals surface area contributed by atoms with Crippen LogP contribution < -0.4 is 4.74 Å². The Bertz CT molecular complexity index is 842. The molecule has 0 aliphatic rings. The van der Waals surface area contributed by atoms with Crippen molar-refractivity contribution in [2.24, 2.45) is 0 Å². The smallest absolute Gasteiger partial charge is 0.406 e. The first-order chi connectivity index (χ1) is 11.3. The summed E-state index contributed by atoms with van der Waals surface area (Å²) in [5, 5.41) is 3.97. The monoisotopic (exact) mass is 343 g/mol. The summed E-state index contributed by atoms with van der Waals surface area (Å²) in [5.41, 5.74) is 1.15. The molecule has 0 bridgehead atoms. The van der Waals surface area contributed by atoms with Crippen molar-refractivity contribution in [1.29, 1.82) is 0 Å². The van der Waals surface area contributed by atoms with Crippen LogP contribution in [0, 0.1) is 0 Å². The molecular formula is C15H10F5N3O. The van der Waals surface area contributed by atoms with Crippen LogP contribution in [0.3, 0.4) is 0 Å². The molecule has 24 heavy (non-hydrogen) atoms. The third kappa shape index (κ3) is 3.61. The van der Waals surface area contributed by atoms with Gasteiger partial charge in [-0.3, -0.25) is 0 Å². The fourth-order valence-electron chi connectivity index (χ4n) is 2.28. The lowest BCUT2D eigenvalue weighted by molar-refractivity contribution is -0.274. The molecule has 0 atom stereocenters. The molecule has 9 heteroatoms. The zero-order valence-corrected chi connectivity index (χ0v) is 12.0. The highest BCUT2D eigenvalue weighted by molar-refractivity contribution is 5.43. The summed E-state index contributed by atoms with van der Waals surface area (Å²) in [5.74, 6) is -0.349. The van der Waals surface area contributed by atoms with E-state index in [0.29, 0.717) is 11.3 Å².